The number of benzene rings is 2. The maximum absolute atomic E-state index is 12.4. The molecule has 1 atom stereocenters. The fraction of sp³-hybridized carbons (Fsp3) is 0.316. The van der Waals surface area contributed by atoms with Gasteiger partial charge >= 0.3 is 0 Å². The second-order valence-electron chi connectivity index (χ2n) is 6.06. The van der Waals surface area contributed by atoms with Crippen molar-refractivity contribution in [2.75, 3.05) is 5.32 Å². The summed E-state index contributed by atoms with van der Waals surface area (Å²) in [5.74, 6) is 0.477. The summed E-state index contributed by atoms with van der Waals surface area (Å²) in [6.07, 6.45) is 1.07. The lowest BCUT2D eigenvalue weighted by molar-refractivity contribution is -0.117. The van der Waals surface area contributed by atoms with Crippen LogP contribution in [0.5, 0.6) is 0 Å². The molecule has 0 bridgehead atoms. The SMILES string of the molecule is CC(C)Cc1ccc([C@@H](C)C(=O)Nc2cccc(Br)c2)cc1. The molecule has 0 spiro atoms. The predicted octanol–water partition coefficient (Wildman–Crippen LogP) is 5.39. The number of halogens is 1. The van der Waals surface area contributed by atoms with Gasteiger partial charge in [0.25, 0.3) is 0 Å². The Hall–Kier alpha value is -1.61. The van der Waals surface area contributed by atoms with E-state index in [1.54, 1.807) is 0 Å². The van der Waals surface area contributed by atoms with Gasteiger partial charge in [0, 0.05) is 10.2 Å². The molecular formula is C19H22BrNO. The molecule has 3 heteroatoms. The third kappa shape index (κ3) is 4.70. The molecule has 0 saturated carbocycles. The Bertz CT molecular complexity index is 634. The van der Waals surface area contributed by atoms with E-state index >= 15 is 0 Å². The number of hydrogen-bond acceptors (Lipinski definition) is 1. The Labute approximate surface area is 141 Å². The van der Waals surface area contributed by atoms with E-state index in [9.17, 15) is 4.79 Å². The van der Waals surface area contributed by atoms with Gasteiger partial charge in [-0.05, 0) is 48.6 Å². The largest absolute Gasteiger partial charge is 0.326 e. The molecular weight excluding hydrogens is 338 g/mol. The van der Waals surface area contributed by atoms with Crippen LogP contribution in [0.1, 0.15) is 37.8 Å². The number of nitrogens with one attached hydrogen (secondary N) is 1. The molecule has 2 rings (SSSR count). The Morgan fingerprint density at radius 1 is 1.09 bits per heavy atom. The number of carbonyl (C=O) groups is 1. The number of anilines is 1. The molecule has 0 aliphatic carbocycles. The summed E-state index contributed by atoms with van der Waals surface area (Å²) in [6.45, 7) is 6.36. The van der Waals surface area contributed by atoms with E-state index in [1.807, 2.05) is 31.2 Å². The van der Waals surface area contributed by atoms with Crippen molar-refractivity contribution in [1.82, 2.24) is 0 Å². The van der Waals surface area contributed by atoms with Crippen molar-refractivity contribution >= 4 is 27.5 Å². The van der Waals surface area contributed by atoms with Gasteiger partial charge in [0.1, 0.15) is 0 Å². The highest BCUT2D eigenvalue weighted by Gasteiger charge is 2.15. The van der Waals surface area contributed by atoms with Gasteiger partial charge in [0.15, 0.2) is 0 Å². The van der Waals surface area contributed by atoms with Gasteiger partial charge in [-0.15, -0.1) is 0 Å². The Morgan fingerprint density at radius 3 is 2.36 bits per heavy atom. The lowest BCUT2D eigenvalue weighted by Crippen LogP contribution is -2.18. The zero-order valence-electron chi connectivity index (χ0n) is 13.3. The van der Waals surface area contributed by atoms with Crippen molar-refractivity contribution in [2.24, 2.45) is 5.92 Å². The molecule has 0 aromatic heterocycles. The minimum atomic E-state index is -0.174. The molecule has 2 aromatic rings. The first kappa shape index (κ1) is 16.8. The molecule has 0 fully saturated rings. The number of rotatable bonds is 5. The first-order valence-corrected chi connectivity index (χ1v) is 8.40. The third-order valence-electron chi connectivity index (χ3n) is 3.61. The van der Waals surface area contributed by atoms with Crippen LogP contribution in [0, 0.1) is 5.92 Å². The Kier molecular flexibility index (Phi) is 5.78. The number of hydrogen-bond donors (Lipinski definition) is 1. The van der Waals surface area contributed by atoms with E-state index in [4.69, 9.17) is 0 Å². The summed E-state index contributed by atoms with van der Waals surface area (Å²) < 4.78 is 0.955. The van der Waals surface area contributed by atoms with Crippen LogP contribution in [-0.2, 0) is 11.2 Å². The van der Waals surface area contributed by atoms with Crippen molar-refractivity contribution in [3.05, 3.63) is 64.1 Å². The molecule has 0 aliphatic heterocycles. The van der Waals surface area contributed by atoms with Crippen LogP contribution in [0.3, 0.4) is 0 Å². The summed E-state index contributed by atoms with van der Waals surface area (Å²) in [5.41, 5.74) is 3.17. The first-order chi connectivity index (χ1) is 10.5. The highest BCUT2D eigenvalue weighted by Crippen LogP contribution is 2.21. The molecule has 0 heterocycles. The zero-order valence-corrected chi connectivity index (χ0v) is 14.9. The molecule has 0 aliphatic rings. The number of amides is 1. The van der Waals surface area contributed by atoms with Gasteiger partial charge in [0.05, 0.1) is 5.92 Å². The summed E-state index contributed by atoms with van der Waals surface area (Å²) in [7, 11) is 0. The third-order valence-corrected chi connectivity index (χ3v) is 4.10. The normalized spacial score (nSPS) is 12.2. The van der Waals surface area contributed by atoms with Crippen molar-refractivity contribution in [3.63, 3.8) is 0 Å². The molecule has 2 nitrogen and oxygen atoms in total. The molecule has 116 valence electrons. The molecule has 0 radical (unpaired) electrons. The minimum Gasteiger partial charge on any atom is -0.326 e. The Balaban J connectivity index is 2.03. The van der Waals surface area contributed by atoms with Gasteiger partial charge in [-0.1, -0.05) is 60.1 Å². The average Bonchev–Trinajstić information content (AvgIpc) is 2.46. The molecule has 1 amide bonds. The molecule has 22 heavy (non-hydrogen) atoms. The fourth-order valence-electron chi connectivity index (χ4n) is 2.38. The molecule has 0 saturated heterocycles. The van der Waals surface area contributed by atoms with Crippen LogP contribution in [0.25, 0.3) is 0 Å². The van der Waals surface area contributed by atoms with Gasteiger partial charge in [-0.2, -0.15) is 0 Å². The maximum Gasteiger partial charge on any atom is 0.231 e. The van der Waals surface area contributed by atoms with E-state index < -0.39 is 0 Å². The van der Waals surface area contributed by atoms with Crippen molar-refractivity contribution in [2.45, 2.75) is 33.1 Å². The summed E-state index contributed by atoms with van der Waals surface area (Å²) in [6, 6.07) is 16.0. The van der Waals surface area contributed by atoms with E-state index in [-0.39, 0.29) is 11.8 Å². The second-order valence-corrected chi connectivity index (χ2v) is 6.98. The first-order valence-electron chi connectivity index (χ1n) is 7.61. The van der Waals surface area contributed by atoms with Crippen molar-refractivity contribution in [3.8, 4) is 0 Å². The number of carbonyl (C=O) groups excluding carboxylic acids is 1. The smallest absolute Gasteiger partial charge is 0.231 e. The van der Waals surface area contributed by atoms with E-state index in [2.05, 4.69) is 59.4 Å². The molecule has 2 aromatic carbocycles. The quantitative estimate of drug-likeness (QED) is 0.761. The van der Waals surface area contributed by atoms with Crippen LogP contribution >= 0.6 is 15.9 Å². The van der Waals surface area contributed by atoms with Gasteiger partial charge in [0.2, 0.25) is 5.91 Å². The van der Waals surface area contributed by atoms with Crippen molar-refractivity contribution < 1.29 is 4.79 Å². The fourth-order valence-corrected chi connectivity index (χ4v) is 2.78. The van der Waals surface area contributed by atoms with Crippen molar-refractivity contribution in [1.29, 1.82) is 0 Å². The predicted molar refractivity (Wildman–Crippen MR) is 96.2 cm³/mol. The second kappa shape index (κ2) is 7.59. The molecule has 1 N–H and O–H groups in total. The van der Waals surface area contributed by atoms with Gasteiger partial charge < -0.3 is 5.32 Å². The lowest BCUT2D eigenvalue weighted by Gasteiger charge is -2.14. The van der Waals surface area contributed by atoms with Crippen LogP contribution < -0.4 is 5.32 Å². The van der Waals surface area contributed by atoms with E-state index in [0.29, 0.717) is 5.92 Å². The van der Waals surface area contributed by atoms with Crippen LogP contribution in [0.15, 0.2) is 53.0 Å². The summed E-state index contributed by atoms with van der Waals surface area (Å²) in [4.78, 5) is 12.4. The molecule has 0 unspecified atom stereocenters. The average molecular weight is 360 g/mol. The highest BCUT2D eigenvalue weighted by molar-refractivity contribution is 9.10. The summed E-state index contributed by atoms with van der Waals surface area (Å²) in [5, 5.41) is 2.96. The van der Waals surface area contributed by atoms with E-state index in [0.717, 1.165) is 22.1 Å². The van der Waals surface area contributed by atoms with Gasteiger partial charge in [-0.25, -0.2) is 0 Å². The monoisotopic (exact) mass is 359 g/mol. The highest BCUT2D eigenvalue weighted by atomic mass is 79.9. The standard InChI is InChI=1S/C19H22BrNO/c1-13(2)11-15-7-9-16(10-8-15)14(3)19(22)21-18-6-4-5-17(20)12-18/h4-10,12-14H,11H2,1-3H3,(H,21,22)/t14-/m1/s1. The van der Waals surface area contributed by atoms with Crippen LogP contribution in [-0.4, -0.2) is 5.91 Å². The minimum absolute atomic E-state index is 0.00899. The summed E-state index contributed by atoms with van der Waals surface area (Å²) >= 11 is 3.41. The van der Waals surface area contributed by atoms with Crippen LogP contribution in [0.2, 0.25) is 0 Å². The zero-order chi connectivity index (χ0) is 16.1. The van der Waals surface area contributed by atoms with E-state index in [1.165, 1.54) is 5.56 Å². The Morgan fingerprint density at radius 2 is 1.77 bits per heavy atom. The maximum atomic E-state index is 12.4. The van der Waals surface area contributed by atoms with Gasteiger partial charge in [-0.3, -0.25) is 4.79 Å². The topological polar surface area (TPSA) is 29.1 Å². The lowest BCUT2D eigenvalue weighted by atomic mass is 9.96. The van der Waals surface area contributed by atoms with Crippen LogP contribution in [0.4, 0.5) is 5.69 Å².